The summed E-state index contributed by atoms with van der Waals surface area (Å²) in [5.74, 6) is -0.147. The first kappa shape index (κ1) is 17.7. The number of anilines is 2. The standard InChI is InChI=1S/C13H22N8O3/c14-2-1-8(15)11(23)21-5-3-20(4-6-21)9-7-17-13(18-10(9)22)19-12(16)24/h7-8H,1-6,14-15H2,(H4,16,17,18,19,22,24)/t8-/m0/s1. The minimum atomic E-state index is -0.813. The predicted octanol–water partition coefficient (Wildman–Crippen LogP) is -2.41. The highest BCUT2D eigenvalue weighted by molar-refractivity contribution is 5.85. The van der Waals surface area contributed by atoms with Crippen LogP contribution in [0.2, 0.25) is 0 Å². The summed E-state index contributed by atoms with van der Waals surface area (Å²) >= 11 is 0. The van der Waals surface area contributed by atoms with Crippen molar-refractivity contribution in [3.05, 3.63) is 16.6 Å². The van der Waals surface area contributed by atoms with E-state index in [1.54, 1.807) is 4.90 Å². The Balaban J connectivity index is 1.98. The zero-order valence-corrected chi connectivity index (χ0v) is 13.2. The Morgan fingerprint density at radius 1 is 1.33 bits per heavy atom. The number of aromatic nitrogens is 2. The molecule has 1 atom stereocenters. The molecular weight excluding hydrogens is 316 g/mol. The Morgan fingerprint density at radius 3 is 2.54 bits per heavy atom. The second-order valence-electron chi connectivity index (χ2n) is 5.42. The maximum atomic E-state index is 12.1. The Labute approximate surface area is 138 Å². The number of urea groups is 1. The highest BCUT2D eigenvalue weighted by Gasteiger charge is 2.26. The monoisotopic (exact) mass is 338 g/mol. The molecule has 0 spiro atoms. The number of carbonyl (C=O) groups is 2. The van der Waals surface area contributed by atoms with Gasteiger partial charge >= 0.3 is 6.03 Å². The minimum Gasteiger partial charge on any atom is -0.362 e. The van der Waals surface area contributed by atoms with E-state index < -0.39 is 17.6 Å². The van der Waals surface area contributed by atoms with E-state index in [9.17, 15) is 14.4 Å². The number of rotatable bonds is 5. The first-order valence-corrected chi connectivity index (χ1v) is 7.58. The Bertz CT molecular complexity index is 653. The molecule has 11 nitrogen and oxygen atoms in total. The lowest BCUT2D eigenvalue weighted by Gasteiger charge is -2.36. The maximum absolute atomic E-state index is 12.1. The summed E-state index contributed by atoms with van der Waals surface area (Å²) in [6.45, 7) is 2.23. The van der Waals surface area contributed by atoms with E-state index in [2.05, 4.69) is 15.3 Å². The maximum Gasteiger partial charge on any atom is 0.318 e. The molecule has 0 aliphatic carbocycles. The van der Waals surface area contributed by atoms with Crippen LogP contribution < -0.4 is 33.0 Å². The van der Waals surface area contributed by atoms with E-state index in [4.69, 9.17) is 17.2 Å². The molecule has 8 N–H and O–H groups in total. The van der Waals surface area contributed by atoms with Crippen LogP contribution in [0.3, 0.4) is 0 Å². The highest BCUT2D eigenvalue weighted by atomic mass is 16.2. The molecule has 132 valence electrons. The number of hydrogen-bond acceptors (Lipinski definition) is 7. The summed E-state index contributed by atoms with van der Waals surface area (Å²) in [6.07, 6.45) is 1.90. The SMILES string of the molecule is NCC[C@H](N)C(=O)N1CCN(c2c[nH]c(NC(N)=O)nc2=O)CC1. The Hall–Kier alpha value is -2.66. The molecule has 1 fully saturated rings. The average molecular weight is 338 g/mol. The second kappa shape index (κ2) is 7.75. The number of aromatic amines is 1. The highest BCUT2D eigenvalue weighted by Crippen LogP contribution is 2.12. The zero-order chi connectivity index (χ0) is 17.7. The molecule has 1 aromatic heterocycles. The molecule has 24 heavy (non-hydrogen) atoms. The van der Waals surface area contributed by atoms with Crippen LogP contribution in [0.1, 0.15) is 6.42 Å². The molecule has 1 aromatic rings. The van der Waals surface area contributed by atoms with Crippen molar-refractivity contribution in [1.82, 2.24) is 14.9 Å². The molecule has 1 aliphatic heterocycles. The van der Waals surface area contributed by atoms with Gasteiger partial charge in [-0.2, -0.15) is 4.98 Å². The molecule has 2 rings (SSSR count). The third-order valence-electron chi connectivity index (χ3n) is 3.75. The average Bonchev–Trinajstić information content (AvgIpc) is 2.54. The van der Waals surface area contributed by atoms with Crippen molar-refractivity contribution in [2.45, 2.75) is 12.5 Å². The third kappa shape index (κ3) is 4.20. The van der Waals surface area contributed by atoms with Gasteiger partial charge in [-0.15, -0.1) is 0 Å². The van der Waals surface area contributed by atoms with Crippen LogP contribution in [0.4, 0.5) is 16.4 Å². The summed E-state index contributed by atoms with van der Waals surface area (Å²) in [5, 5.41) is 2.20. The van der Waals surface area contributed by atoms with Crippen molar-refractivity contribution in [3.63, 3.8) is 0 Å². The molecule has 1 aliphatic rings. The van der Waals surface area contributed by atoms with Crippen molar-refractivity contribution < 1.29 is 9.59 Å². The van der Waals surface area contributed by atoms with Crippen LogP contribution in [-0.2, 0) is 4.79 Å². The van der Waals surface area contributed by atoms with Gasteiger partial charge < -0.3 is 32.0 Å². The van der Waals surface area contributed by atoms with E-state index in [0.717, 1.165) is 0 Å². The number of amides is 3. The van der Waals surface area contributed by atoms with E-state index in [1.165, 1.54) is 6.20 Å². The van der Waals surface area contributed by atoms with E-state index in [-0.39, 0.29) is 11.9 Å². The molecular formula is C13H22N8O3. The lowest BCUT2D eigenvalue weighted by molar-refractivity contribution is -0.133. The normalized spacial score (nSPS) is 15.9. The number of hydrogen-bond donors (Lipinski definition) is 5. The molecule has 11 heteroatoms. The van der Waals surface area contributed by atoms with Gasteiger partial charge in [0.05, 0.1) is 6.04 Å². The van der Waals surface area contributed by atoms with Crippen molar-refractivity contribution in [1.29, 1.82) is 0 Å². The second-order valence-corrected chi connectivity index (χ2v) is 5.42. The minimum absolute atomic E-state index is 0.0159. The van der Waals surface area contributed by atoms with Crippen LogP contribution in [-0.4, -0.2) is 65.6 Å². The largest absolute Gasteiger partial charge is 0.362 e. The van der Waals surface area contributed by atoms with E-state index in [0.29, 0.717) is 44.8 Å². The van der Waals surface area contributed by atoms with Gasteiger partial charge in [0.15, 0.2) is 0 Å². The van der Waals surface area contributed by atoms with Crippen LogP contribution in [0.5, 0.6) is 0 Å². The topological polar surface area (TPSA) is 176 Å². The molecule has 0 radical (unpaired) electrons. The summed E-state index contributed by atoms with van der Waals surface area (Å²) in [4.78, 5) is 44.8. The van der Waals surface area contributed by atoms with Crippen molar-refractivity contribution in [3.8, 4) is 0 Å². The molecule has 3 amide bonds. The first-order valence-electron chi connectivity index (χ1n) is 7.58. The fourth-order valence-electron chi connectivity index (χ4n) is 2.50. The number of carbonyl (C=O) groups excluding carboxylic acids is 2. The van der Waals surface area contributed by atoms with Crippen LogP contribution in [0, 0.1) is 0 Å². The quantitative estimate of drug-likeness (QED) is 0.397. The van der Waals surface area contributed by atoms with Gasteiger partial charge in [-0.25, -0.2) is 4.79 Å². The number of H-pyrrole nitrogens is 1. The van der Waals surface area contributed by atoms with Crippen molar-refractivity contribution >= 4 is 23.6 Å². The molecule has 0 saturated carbocycles. The number of piperazine rings is 1. The summed E-state index contributed by atoms with van der Waals surface area (Å²) in [6, 6.07) is -1.40. The van der Waals surface area contributed by atoms with Crippen molar-refractivity contribution in [2.24, 2.45) is 17.2 Å². The first-order chi connectivity index (χ1) is 11.4. The van der Waals surface area contributed by atoms with Gasteiger partial charge in [0, 0.05) is 32.4 Å². The van der Waals surface area contributed by atoms with Crippen LogP contribution >= 0.6 is 0 Å². The van der Waals surface area contributed by atoms with Gasteiger partial charge in [0.1, 0.15) is 5.69 Å². The fourth-order valence-corrected chi connectivity index (χ4v) is 2.50. The summed E-state index contributed by atoms with van der Waals surface area (Å²) < 4.78 is 0. The smallest absolute Gasteiger partial charge is 0.318 e. The molecule has 0 unspecified atom stereocenters. The lowest BCUT2D eigenvalue weighted by Crippen LogP contribution is -2.54. The van der Waals surface area contributed by atoms with Crippen LogP contribution in [0.25, 0.3) is 0 Å². The molecule has 1 saturated heterocycles. The molecule has 0 aromatic carbocycles. The Kier molecular flexibility index (Phi) is 5.71. The summed E-state index contributed by atoms with van der Waals surface area (Å²) in [5.41, 5.74) is 16.0. The molecule has 0 bridgehead atoms. The zero-order valence-electron chi connectivity index (χ0n) is 13.2. The van der Waals surface area contributed by atoms with Gasteiger partial charge in [-0.3, -0.25) is 14.9 Å². The fraction of sp³-hybridized carbons (Fsp3) is 0.538. The predicted molar refractivity (Wildman–Crippen MR) is 88.5 cm³/mol. The summed E-state index contributed by atoms with van der Waals surface area (Å²) in [7, 11) is 0. The Morgan fingerprint density at radius 2 is 2.00 bits per heavy atom. The number of nitrogens with two attached hydrogens (primary N) is 3. The van der Waals surface area contributed by atoms with Gasteiger partial charge in [0.25, 0.3) is 5.56 Å². The van der Waals surface area contributed by atoms with Crippen molar-refractivity contribution in [2.75, 3.05) is 42.9 Å². The van der Waals surface area contributed by atoms with E-state index >= 15 is 0 Å². The number of nitrogens with zero attached hydrogens (tertiary/aromatic N) is 3. The number of nitrogens with one attached hydrogen (secondary N) is 2. The molecule has 2 heterocycles. The van der Waals surface area contributed by atoms with E-state index in [1.807, 2.05) is 4.90 Å². The van der Waals surface area contributed by atoms with Gasteiger partial charge in [-0.05, 0) is 13.0 Å². The third-order valence-corrected chi connectivity index (χ3v) is 3.75. The lowest BCUT2D eigenvalue weighted by atomic mass is 10.1. The number of primary amides is 1. The van der Waals surface area contributed by atoms with Gasteiger partial charge in [-0.1, -0.05) is 0 Å². The van der Waals surface area contributed by atoms with Gasteiger partial charge in [0.2, 0.25) is 11.9 Å². The van der Waals surface area contributed by atoms with Crippen LogP contribution in [0.15, 0.2) is 11.0 Å².